The molecular weight excluding hydrogens is 290 g/mol. The highest BCUT2D eigenvalue weighted by Gasteiger charge is 2.25. The van der Waals surface area contributed by atoms with Gasteiger partial charge < -0.3 is 14.4 Å². The first-order valence-electron chi connectivity index (χ1n) is 6.96. The minimum absolute atomic E-state index is 0.199. The van der Waals surface area contributed by atoms with E-state index in [1.165, 1.54) is 7.11 Å². The maximum absolute atomic E-state index is 11.9. The van der Waals surface area contributed by atoms with Gasteiger partial charge in [-0.2, -0.15) is 4.98 Å². The molecule has 1 N–H and O–H groups in total. The predicted octanol–water partition coefficient (Wildman–Crippen LogP) is 1.89. The third-order valence-electron chi connectivity index (χ3n) is 3.38. The molecule has 0 saturated carbocycles. The number of carbonyl (C=O) groups is 1. The number of carbonyl (C=O) groups excluding carboxylic acids is 1. The van der Waals surface area contributed by atoms with Gasteiger partial charge in [0, 0.05) is 20.6 Å². The molecule has 0 saturated heterocycles. The second-order valence-corrected chi connectivity index (χ2v) is 6.15. The molecule has 0 fully saturated rings. The zero-order chi connectivity index (χ0) is 16.0. The lowest BCUT2D eigenvalue weighted by molar-refractivity contribution is -0.144. The Labute approximate surface area is 130 Å². The Bertz CT molecular complexity index is 462. The number of hydrogen-bond donors (Lipinski definition) is 1. The van der Waals surface area contributed by atoms with Crippen LogP contribution in [0.2, 0.25) is 0 Å². The second-order valence-electron chi connectivity index (χ2n) is 5.09. The predicted molar refractivity (Wildman–Crippen MR) is 85.1 cm³/mol. The molecule has 0 amide bonds. The van der Waals surface area contributed by atoms with E-state index in [9.17, 15) is 4.79 Å². The van der Waals surface area contributed by atoms with Crippen LogP contribution in [0.4, 0.5) is 5.13 Å². The van der Waals surface area contributed by atoms with Crippen molar-refractivity contribution >= 4 is 22.4 Å². The number of methoxy groups -OCH3 is 2. The molecular formula is C14H25N3O3S. The molecule has 1 rings (SSSR count). The van der Waals surface area contributed by atoms with E-state index >= 15 is 0 Å². The first-order valence-corrected chi connectivity index (χ1v) is 7.78. The summed E-state index contributed by atoms with van der Waals surface area (Å²) in [4.78, 5) is 19.2. The molecule has 0 aliphatic heterocycles. The number of rotatable bonds is 8. The van der Waals surface area contributed by atoms with Gasteiger partial charge in [0.05, 0.1) is 19.1 Å². The molecule has 0 aliphatic rings. The molecule has 1 aromatic rings. The molecule has 7 heteroatoms. The van der Waals surface area contributed by atoms with E-state index in [0.717, 1.165) is 16.4 Å². The van der Waals surface area contributed by atoms with Crippen LogP contribution >= 0.6 is 11.3 Å². The van der Waals surface area contributed by atoms with Crippen molar-refractivity contribution in [1.82, 2.24) is 10.3 Å². The Morgan fingerprint density at radius 3 is 2.57 bits per heavy atom. The van der Waals surface area contributed by atoms with E-state index in [-0.39, 0.29) is 17.9 Å². The molecule has 2 atom stereocenters. The summed E-state index contributed by atoms with van der Waals surface area (Å²) in [6.07, 6.45) is 0.898. The van der Waals surface area contributed by atoms with Gasteiger partial charge in [0.15, 0.2) is 5.13 Å². The van der Waals surface area contributed by atoms with Crippen molar-refractivity contribution < 1.29 is 14.3 Å². The molecule has 0 bridgehead atoms. The fourth-order valence-electron chi connectivity index (χ4n) is 1.87. The highest BCUT2D eigenvalue weighted by Crippen LogP contribution is 2.30. The number of hydrogen-bond acceptors (Lipinski definition) is 7. The Morgan fingerprint density at radius 1 is 1.43 bits per heavy atom. The number of nitrogens with zero attached hydrogens (tertiary/aromatic N) is 2. The molecule has 0 aromatic carbocycles. The Morgan fingerprint density at radius 2 is 2.10 bits per heavy atom. The van der Waals surface area contributed by atoms with Crippen LogP contribution in [0.1, 0.15) is 25.1 Å². The smallest absolute Gasteiger partial charge is 0.323 e. The third kappa shape index (κ3) is 4.57. The summed E-state index contributed by atoms with van der Waals surface area (Å²) in [7, 11) is 6.89. The van der Waals surface area contributed by atoms with Crippen LogP contribution in [0.25, 0.3) is 0 Å². The van der Waals surface area contributed by atoms with Crippen LogP contribution < -0.4 is 15.0 Å². The first-order chi connectivity index (χ1) is 9.94. The van der Waals surface area contributed by atoms with Crippen LogP contribution in [0.15, 0.2) is 0 Å². The summed E-state index contributed by atoms with van der Waals surface area (Å²) in [6, 6.07) is -0.324. The Balaban J connectivity index is 2.82. The molecule has 2 unspecified atom stereocenters. The SMILES string of the molecule is CCC(C)C(NCc1sc(N(C)C)nc1OC)C(=O)OC. The topological polar surface area (TPSA) is 63.7 Å². The highest BCUT2D eigenvalue weighted by atomic mass is 32.1. The lowest BCUT2D eigenvalue weighted by Gasteiger charge is -2.21. The van der Waals surface area contributed by atoms with Crippen LogP contribution in [0.5, 0.6) is 5.88 Å². The summed E-state index contributed by atoms with van der Waals surface area (Å²) in [6.45, 7) is 4.61. The first kappa shape index (κ1) is 17.7. The van der Waals surface area contributed by atoms with Crippen molar-refractivity contribution in [2.75, 3.05) is 33.2 Å². The van der Waals surface area contributed by atoms with E-state index in [1.807, 2.05) is 25.9 Å². The minimum atomic E-state index is -0.324. The largest absolute Gasteiger partial charge is 0.480 e. The zero-order valence-corrected chi connectivity index (χ0v) is 14.4. The second kappa shape index (κ2) is 8.19. The highest BCUT2D eigenvalue weighted by molar-refractivity contribution is 7.15. The van der Waals surface area contributed by atoms with Crippen molar-refractivity contribution in [3.63, 3.8) is 0 Å². The van der Waals surface area contributed by atoms with E-state index in [4.69, 9.17) is 9.47 Å². The average Bonchev–Trinajstić information content (AvgIpc) is 2.90. The van der Waals surface area contributed by atoms with Gasteiger partial charge in [-0.05, 0) is 5.92 Å². The fourth-order valence-corrected chi connectivity index (χ4v) is 2.77. The van der Waals surface area contributed by atoms with Gasteiger partial charge in [0.1, 0.15) is 6.04 Å². The van der Waals surface area contributed by atoms with E-state index in [2.05, 4.69) is 17.2 Å². The van der Waals surface area contributed by atoms with Gasteiger partial charge in [0.25, 0.3) is 0 Å². The van der Waals surface area contributed by atoms with Gasteiger partial charge in [-0.3, -0.25) is 10.1 Å². The molecule has 6 nitrogen and oxygen atoms in total. The molecule has 1 aromatic heterocycles. The molecule has 0 radical (unpaired) electrons. The van der Waals surface area contributed by atoms with E-state index < -0.39 is 0 Å². The molecule has 120 valence electrons. The Hall–Kier alpha value is -1.34. The minimum Gasteiger partial charge on any atom is -0.480 e. The summed E-state index contributed by atoms with van der Waals surface area (Å²) < 4.78 is 10.2. The summed E-state index contributed by atoms with van der Waals surface area (Å²) in [5.41, 5.74) is 0. The third-order valence-corrected chi connectivity index (χ3v) is 4.58. The molecule has 1 heterocycles. The van der Waals surface area contributed by atoms with Crippen molar-refractivity contribution in [1.29, 1.82) is 0 Å². The van der Waals surface area contributed by atoms with Crippen LogP contribution in [0.3, 0.4) is 0 Å². The van der Waals surface area contributed by atoms with Crippen molar-refractivity contribution in [3.8, 4) is 5.88 Å². The summed E-state index contributed by atoms with van der Waals surface area (Å²) in [5.74, 6) is 0.564. The number of aromatic nitrogens is 1. The van der Waals surface area contributed by atoms with Gasteiger partial charge >= 0.3 is 5.97 Å². The average molecular weight is 315 g/mol. The lowest BCUT2D eigenvalue weighted by atomic mass is 9.99. The number of ether oxygens (including phenoxy) is 2. The number of anilines is 1. The van der Waals surface area contributed by atoms with Crippen molar-refractivity contribution in [3.05, 3.63) is 4.88 Å². The Kier molecular flexibility index (Phi) is 6.91. The van der Waals surface area contributed by atoms with Crippen LogP contribution in [0, 0.1) is 5.92 Å². The maximum atomic E-state index is 11.9. The summed E-state index contributed by atoms with van der Waals surface area (Å²) in [5, 5.41) is 4.14. The van der Waals surface area contributed by atoms with Gasteiger partial charge in [-0.15, -0.1) is 0 Å². The quantitative estimate of drug-likeness (QED) is 0.739. The van der Waals surface area contributed by atoms with E-state index in [1.54, 1.807) is 18.4 Å². The lowest BCUT2D eigenvalue weighted by Crippen LogP contribution is -2.42. The van der Waals surface area contributed by atoms with Crippen molar-refractivity contribution in [2.24, 2.45) is 5.92 Å². The van der Waals surface area contributed by atoms with Gasteiger partial charge in [0.2, 0.25) is 5.88 Å². The number of thiazole rings is 1. The van der Waals surface area contributed by atoms with Crippen LogP contribution in [-0.4, -0.2) is 45.3 Å². The molecule has 21 heavy (non-hydrogen) atoms. The number of esters is 1. The molecule has 0 spiro atoms. The zero-order valence-electron chi connectivity index (χ0n) is 13.6. The normalized spacial score (nSPS) is 13.6. The monoisotopic (exact) mass is 315 g/mol. The molecule has 0 aliphatic carbocycles. The fraction of sp³-hybridized carbons (Fsp3) is 0.714. The summed E-state index contributed by atoms with van der Waals surface area (Å²) >= 11 is 1.55. The standard InChI is InChI=1S/C14H25N3O3S/c1-7-9(2)11(13(18)20-6)15-8-10-12(19-5)16-14(21-10)17(3)4/h9,11,15H,7-8H2,1-6H3. The van der Waals surface area contributed by atoms with E-state index in [0.29, 0.717) is 12.4 Å². The van der Waals surface area contributed by atoms with Crippen molar-refractivity contribution in [2.45, 2.75) is 32.9 Å². The van der Waals surface area contributed by atoms with Crippen LogP contribution in [-0.2, 0) is 16.1 Å². The van der Waals surface area contributed by atoms with Gasteiger partial charge in [-0.25, -0.2) is 0 Å². The number of nitrogens with one attached hydrogen (secondary N) is 1. The maximum Gasteiger partial charge on any atom is 0.323 e. The van der Waals surface area contributed by atoms with Gasteiger partial charge in [-0.1, -0.05) is 31.6 Å².